The summed E-state index contributed by atoms with van der Waals surface area (Å²) in [4.78, 5) is 48.1. The maximum Gasteiger partial charge on any atom is 0.469 e. The lowest BCUT2D eigenvalue weighted by atomic mass is 10.1. The number of phosphoric ester groups is 1. The number of rotatable bonds is 11. The van der Waals surface area contributed by atoms with Gasteiger partial charge < -0.3 is 24.7 Å². The van der Waals surface area contributed by atoms with Crippen LogP contribution in [0.25, 0.3) is 10.8 Å². The maximum atomic E-state index is 13.9. The Morgan fingerprint density at radius 1 is 1.13 bits per heavy atom. The normalized spacial score (nSPS) is 12.1. The molecule has 0 saturated heterocycles. The number of aromatic nitrogens is 1. The number of ether oxygens (including phenoxy) is 1. The minimum absolute atomic E-state index is 0.0585. The third-order valence-electron chi connectivity index (χ3n) is 5.54. The molecule has 3 amide bonds. The summed E-state index contributed by atoms with van der Waals surface area (Å²) >= 11 is 0. The number of carbonyl (C=O) groups excluding carboxylic acids is 2. The number of amides is 3. The topological polar surface area (TPSA) is 150 Å². The molecule has 0 radical (unpaired) electrons. The van der Waals surface area contributed by atoms with E-state index in [0.29, 0.717) is 0 Å². The predicted molar refractivity (Wildman–Crippen MR) is 134 cm³/mol. The van der Waals surface area contributed by atoms with Crippen LogP contribution < -0.4 is 10.6 Å². The van der Waals surface area contributed by atoms with Gasteiger partial charge in [-0.05, 0) is 30.4 Å². The molecule has 0 aliphatic heterocycles. The summed E-state index contributed by atoms with van der Waals surface area (Å²) < 4.78 is 48.0. The van der Waals surface area contributed by atoms with Gasteiger partial charge in [-0.1, -0.05) is 36.4 Å². The molecule has 3 aromatic rings. The number of pyridine rings is 1. The molecule has 0 bridgehead atoms. The van der Waals surface area contributed by atoms with Gasteiger partial charge in [-0.15, -0.1) is 0 Å². The van der Waals surface area contributed by atoms with Gasteiger partial charge in [0.15, 0.2) is 11.6 Å². The Labute approximate surface area is 217 Å². The van der Waals surface area contributed by atoms with Crippen molar-refractivity contribution in [2.24, 2.45) is 0 Å². The van der Waals surface area contributed by atoms with Crippen molar-refractivity contribution in [3.8, 4) is 0 Å². The highest BCUT2D eigenvalue weighted by atomic mass is 31.2. The number of hydrogen-bond acceptors (Lipinski definition) is 6. The zero-order valence-corrected chi connectivity index (χ0v) is 21.2. The summed E-state index contributed by atoms with van der Waals surface area (Å²) in [6.45, 7) is -0.888. The summed E-state index contributed by atoms with van der Waals surface area (Å²) in [6.07, 6.45) is 1.01. The van der Waals surface area contributed by atoms with E-state index < -0.39 is 37.6 Å². The zero-order valence-electron chi connectivity index (χ0n) is 20.3. The fourth-order valence-corrected chi connectivity index (χ4v) is 3.87. The summed E-state index contributed by atoms with van der Waals surface area (Å²) in [5, 5.41) is 6.71. The van der Waals surface area contributed by atoms with Crippen molar-refractivity contribution in [3.63, 3.8) is 0 Å². The van der Waals surface area contributed by atoms with E-state index in [0.717, 1.165) is 16.8 Å². The molecular weight excluding hydrogens is 525 g/mol. The number of phosphoric acid groups is 1. The highest BCUT2D eigenvalue weighted by Crippen LogP contribution is 2.35. The van der Waals surface area contributed by atoms with Crippen molar-refractivity contribution in [2.45, 2.75) is 25.4 Å². The summed E-state index contributed by atoms with van der Waals surface area (Å²) in [5.74, 6) is -1.87. The van der Waals surface area contributed by atoms with Crippen LogP contribution in [0.4, 0.5) is 24.2 Å². The molecule has 38 heavy (non-hydrogen) atoms. The van der Waals surface area contributed by atoms with Crippen molar-refractivity contribution in [3.05, 3.63) is 71.9 Å². The Hall–Kier alpha value is -3.64. The molecule has 4 N–H and O–H groups in total. The number of anilines is 1. The second-order valence-electron chi connectivity index (χ2n) is 8.24. The van der Waals surface area contributed by atoms with Gasteiger partial charge in [-0.25, -0.2) is 27.9 Å². The van der Waals surface area contributed by atoms with Crippen molar-refractivity contribution >= 4 is 36.5 Å². The second kappa shape index (κ2) is 13.2. The Kier molecular flexibility index (Phi) is 10.1. The third kappa shape index (κ3) is 8.73. The van der Waals surface area contributed by atoms with Crippen LogP contribution in [-0.4, -0.2) is 58.1 Å². The van der Waals surface area contributed by atoms with E-state index in [-0.39, 0.29) is 44.0 Å². The number of likely N-dealkylation sites (N-methyl/N-ethyl adjacent to an activating group) is 1. The first-order chi connectivity index (χ1) is 18.0. The molecule has 0 aliphatic rings. The SMILES string of the molecule is CN(C(=O)NCc1cccc(F)c1F)[C@H](CCCOP(=O)(O)O)COC(=O)Nc1cc2ccccc2cn1. The van der Waals surface area contributed by atoms with Gasteiger partial charge in [0.1, 0.15) is 12.4 Å². The quantitative estimate of drug-likeness (QED) is 0.205. The highest BCUT2D eigenvalue weighted by Gasteiger charge is 2.23. The number of carbonyl (C=O) groups is 2. The van der Waals surface area contributed by atoms with Gasteiger partial charge in [0, 0.05) is 30.7 Å². The van der Waals surface area contributed by atoms with Crippen molar-refractivity contribution in [2.75, 3.05) is 25.6 Å². The second-order valence-corrected chi connectivity index (χ2v) is 9.48. The monoisotopic (exact) mass is 552 g/mol. The maximum absolute atomic E-state index is 13.9. The molecule has 0 unspecified atom stereocenters. The van der Waals surface area contributed by atoms with E-state index in [1.54, 1.807) is 12.3 Å². The van der Waals surface area contributed by atoms with E-state index in [9.17, 15) is 22.9 Å². The minimum atomic E-state index is -4.67. The number of urea groups is 1. The zero-order chi connectivity index (χ0) is 27.7. The van der Waals surface area contributed by atoms with E-state index in [1.807, 2.05) is 24.3 Å². The molecule has 11 nitrogen and oxygen atoms in total. The molecule has 0 saturated carbocycles. The molecule has 204 valence electrons. The summed E-state index contributed by atoms with van der Waals surface area (Å²) in [7, 11) is -3.27. The first kappa shape index (κ1) is 28.9. The number of nitrogens with one attached hydrogen (secondary N) is 2. The van der Waals surface area contributed by atoms with Crippen LogP contribution in [0.3, 0.4) is 0 Å². The lowest BCUT2D eigenvalue weighted by molar-refractivity contribution is 0.109. The fraction of sp³-hybridized carbons (Fsp3) is 0.292. The van der Waals surface area contributed by atoms with Crippen molar-refractivity contribution in [1.29, 1.82) is 0 Å². The number of halogens is 2. The third-order valence-corrected chi connectivity index (χ3v) is 6.06. The van der Waals surface area contributed by atoms with Gasteiger partial charge >= 0.3 is 19.9 Å². The first-order valence-electron chi connectivity index (χ1n) is 11.5. The van der Waals surface area contributed by atoms with Crippen LogP contribution in [0.15, 0.2) is 54.7 Å². The molecule has 1 aromatic heterocycles. The number of nitrogens with zero attached hydrogens (tertiary/aromatic N) is 2. The lowest BCUT2D eigenvalue weighted by Gasteiger charge is -2.28. The summed E-state index contributed by atoms with van der Waals surface area (Å²) in [5.41, 5.74) is -0.0585. The molecular formula is C24H27F2N4O7P. The Morgan fingerprint density at radius 3 is 2.61 bits per heavy atom. The highest BCUT2D eigenvalue weighted by molar-refractivity contribution is 7.46. The van der Waals surface area contributed by atoms with Crippen LogP contribution in [0.2, 0.25) is 0 Å². The Balaban J connectivity index is 1.60. The van der Waals surface area contributed by atoms with Gasteiger partial charge in [0.05, 0.1) is 12.6 Å². The van der Waals surface area contributed by atoms with Crippen LogP contribution in [0.1, 0.15) is 18.4 Å². The van der Waals surface area contributed by atoms with Gasteiger partial charge in [0.25, 0.3) is 0 Å². The molecule has 2 aromatic carbocycles. The first-order valence-corrected chi connectivity index (χ1v) is 13.0. The van der Waals surface area contributed by atoms with Crippen molar-refractivity contribution in [1.82, 2.24) is 15.2 Å². The molecule has 0 aliphatic carbocycles. The minimum Gasteiger partial charge on any atom is -0.447 e. The van der Waals surface area contributed by atoms with Crippen LogP contribution in [-0.2, 0) is 20.4 Å². The molecule has 3 rings (SSSR count). The van der Waals surface area contributed by atoms with Crippen LogP contribution in [0.5, 0.6) is 0 Å². The predicted octanol–water partition coefficient (Wildman–Crippen LogP) is 4.16. The molecule has 14 heteroatoms. The largest absolute Gasteiger partial charge is 0.469 e. The van der Waals surface area contributed by atoms with E-state index >= 15 is 0 Å². The Bertz CT molecular complexity index is 1320. The molecule has 0 spiro atoms. The van der Waals surface area contributed by atoms with Gasteiger partial charge in [-0.2, -0.15) is 0 Å². The molecule has 1 heterocycles. The van der Waals surface area contributed by atoms with E-state index in [2.05, 4.69) is 20.1 Å². The van der Waals surface area contributed by atoms with Crippen LogP contribution >= 0.6 is 7.82 Å². The lowest BCUT2D eigenvalue weighted by Crippen LogP contribution is -2.46. The number of benzene rings is 2. The van der Waals surface area contributed by atoms with Gasteiger partial charge in [-0.3, -0.25) is 9.84 Å². The fourth-order valence-electron chi connectivity index (χ4n) is 3.50. The molecule has 0 fully saturated rings. The number of hydrogen-bond donors (Lipinski definition) is 4. The smallest absolute Gasteiger partial charge is 0.447 e. The summed E-state index contributed by atoms with van der Waals surface area (Å²) in [6, 6.07) is 11.3. The van der Waals surface area contributed by atoms with E-state index in [1.165, 1.54) is 24.1 Å². The Morgan fingerprint density at radius 2 is 1.87 bits per heavy atom. The average Bonchev–Trinajstić information content (AvgIpc) is 2.87. The van der Waals surface area contributed by atoms with Gasteiger partial charge in [0.2, 0.25) is 0 Å². The molecule has 1 atom stereocenters. The average molecular weight is 552 g/mol. The van der Waals surface area contributed by atoms with E-state index in [4.69, 9.17) is 14.5 Å². The number of fused-ring (bicyclic) bond motifs is 1. The standard InChI is InChI=1S/C24H27F2N4O7P/c1-30(23(31)28-14-18-8-4-10-20(25)22(18)26)19(9-5-11-37-38(33,34)35)15-36-24(32)29-21-12-16-6-2-3-7-17(16)13-27-21/h2-4,6-8,10,12-13,19H,5,9,11,14-15H2,1H3,(H,28,31)(H,27,29,32)(H2,33,34,35)/t19-/m1/s1. The van der Waals surface area contributed by atoms with Crippen LogP contribution in [0, 0.1) is 11.6 Å². The van der Waals surface area contributed by atoms with Crippen molar-refractivity contribution < 1.29 is 42.0 Å².